The lowest BCUT2D eigenvalue weighted by Gasteiger charge is -2.18. The highest BCUT2D eigenvalue weighted by atomic mass is 16.5. The van der Waals surface area contributed by atoms with Gasteiger partial charge in [-0.15, -0.1) is 0 Å². The van der Waals surface area contributed by atoms with E-state index in [1.165, 1.54) is 19.0 Å². The highest BCUT2D eigenvalue weighted by molar-refractivity contribution is 6.04. The van der Waals surface area contributed by atoms with Crippen molar-refractivity contribution in [2.45, 2.75) is 6.42 Å². The summed E-state index contributed by atoms with van der Waals surface area (Å²) in [5.41, 5.74) is 3.21. The summed E-state index contributed by atoms with van der Waals surface area (Å²) < 4.78 is 10.5. The quantitative estimate of drug-likeness (QED) is 0.735. The van der Waals surface area contributed by atoms with E-state index in [-0.39, 0.29) is 11.6 Å². The topological polar surface area (TPSA) is 76.6 Å². The first-order valence-corrected chi connectivity index (χ1v) is 8.90. The largest absolute Gasteiger partial charge is 0.497 e. The average molecular weight is 376 g/mol. The molecular weight excluding hydrogens is 356 g/mol. The first-order chi connectivity index (χ1) is 13.7. The molecule has 1 amide bonds. The fourth-order valence-corrected chi connectivity index (χ4v) is 3.28. The van der Waals surface area contributed by atoms with Gasteiger partial charge in [0.2, 0.25) is 0 Å². The van der Waals surface area contributed by atoms with Crippen LogP contribution >= 0.6 is 0 Å². The van der Waals surface area contributed by atoms with E-state index in [9.17, 15) is 4.79 Å². The summed E-state index contributed by atoms with van der Waals surface area (Å²) in [5.74, 6) is 1.52. The van der Waals surface area contributed by atoms with E-state index in [0.717, 1.165) is 18.7 Å². The molecule has 0 unspecified atom stereocenters. The van der Waals surface area contributed by atoms with Crippen molar-refractivity contribution in [3.8, 4) is 11.5 Å². The number of carbonyl (C=O) groups excluding carboxylic acids is 1. The van der Waals surface area contributed by atoms with Crippen LogP contribution in [-0.2, 0) is 6.42 Å². The molecule has 0 saturated heterocycles. The van der Waals surface area contributed by atoms with Crippen molar-refractivity contribution < 1.29 is 14.3 Å². The zero-order valence-electron chi connectivity index (χ0n) is 15.7. The fraction of sp³-hybridized carbons (Fsp3) is 0.190. The second-order valence-electron chi connectivity index (χ2n) is 6.31. The van der Waals surface area contributed by atoms with E-state index >= 15 is 0 Å². The Morgan fingerprint density at radius 2 is 1.93 bits per heavy atom. The summed E-state index contributed by atoms with van der Waals surface area (Å²) in [6, 6.07) is 15.1. The zero-order valence-corrected chi connectivity index (χ0v) is 15.7. The molecule has 0 atom stereocenters. The van der Waals surface area contributed by atoms with Crippen molar-refractivity contribution >= 4 is 23.1 Å². The van der Waals surface area contributed by atoms with Gasteiger partial charge in [-0.1, -0.05) is 18.2 Å². The van der Waals surface area contributed by atoms with E-state index in [1.54, 1.807) is 31.4 Å². The van der Waals surface area contributed by atoms with E-state index in [2.05, 4.69) is 32.3 Å². The third kappa shape index (κ3) is 3.34. The number of methoxy groups -OCH3 is 2. The number of nitrogens with zero attached hydrogens (tertiary/aromatic N) is 3. The maximum Gasteiger partial charge on any atom is 0.274 e. The van der Waals surface area contributed by atoms with Crippen LogP contribution in [0.15, 0.2) is 54.9 Å². The van der Waals surface area contributed by atoms with Crippen molar-refractivity contribution in [2.75, 3.05) is 31.0 Å². The molecular formula is C21H20N4O3. The van der Waals surface area contributed by atoms with Crippen LogP contribution in [0.1, 0.15) is 16.1 Å². The molecule has 2 aromatic carbocycles. The standard InChI is InChI=1S/C21H20N4O3/c1-27-15-7-8-16(19(11-15)28-2)24-21(26)17-12-20(23-13-22-17)25-10-9-14-5-3-4-6-18(14)25/h3-8,11-13H,9-10H2,1-2H3,(H,24,26). The number of benzene rings is 2. The molecule has 142 valence electrons. The highest BCUT2D eigenvalue weighted by Gasteiger charge is 2.22. The predicted octanol–water partition coefficient (Wildman–Crippen LogP) is 3.44. The number of nitrogens with one attached hydrogen (secondary N) is 1. The second kappa shape index (κ2) is 7.56. The van der Waals surface area contributed by atoms with Crippen molar-refractivity contribution in [3.63, 3.8) is 0 Å². The Bertz CT molecular complexity index is 1020. The number of amides is 1. The smallest absolute Gasteiger partial charge is 0.274 e. The molecule has 28 heavy (non-hydrogen) atoms. The molecule has 0 fully saturated rings. The summed E-state index contributed by atoms with van der Waals surface area (Å²) in [6.07, 6.45) is 2.36. The van der Waals surface area contributed by atoms with Gasteiger partial charge < -0.3 is 19.7 Å². The Morgan fingerprint density at radius 3 is 2.75 bits per heavy atom. The number of rotatable bonds is 5. The Labute approximate surface area is 163 Å². The molecule has 1 aromatic heterocycles. The summed E-state index contributed by atoms with van der Waals surface area (Å²) >= 11 is 0. The van der Waals surface area contributed by atoms with Crippen molar-refractivity contribution in [1.29, 1.82) is 0 Å². The monoisotopic (exact) mass is 376 g/mol. The molecule has 2 heterocycles. The van der Waals surface area contributed by atoms with Gasteiger partial charge in [-0.3, -0.25) is 4.79 Å². The number of anilines is 3. The van der Waals surface area contributed by atoms with Gasteiger partial charge in [0.15, 0.2) is 0 Å². The molecule has 7 heteroatoms. The molecule has 1 N–H and O–H groups in total. The minimum Gasteiger partial charge on any atom is -0.497 e. The molecule has 0 saturated carbocycles. The third-order valence-electron chi connectivity index (χ3n) is 4.71. The van der Waals surface area contributed by atoms with Crippen LogP contribution < -0.4 is 19.7 Å². The average Bonchev–Trinajstić information content (AvgIpc) is 3.18. The first-order valence-electron chi connectivity index (χ1n) is 8.90. The minimum atomic E-state index is -0.334. The number of aromatic nitrogens is 2. The van der Waals surface area contributed by atoms with E-state index < -0.39 is 0 Å². The third-order valence-corrected chi connectivity index (χ3v) is 4.71. The van der Waals surface area contributed by atoms with Gasteiger partial charge >= 0.3 is 0 Å². The molecule has 1 aliphatic rings. The van der Waals surface area contributed by atoms with Crippen LogP contribution in [0.3, 0.4) is 0 Å². The van der Waals surface area contributed by atoms with Crippen molar-refractivity contribution in [2.24, 2.45) is 0 Å². The molecule has 1 aliphatic heterocycles. The SMILES string of the molecule is COc1ccc(NC(=O)c2cc(N3CCc4ccccc43)ncn2)c(OC)c1. The number of ether oxygens (including phenoxy) is 2. The Balaban J connectivity index is 1.58. The van der Waals surface area contributed by atoms with Gasteiger partial charge in [-0.25, -0.2) is 9.97 Å². The minimum absolute atomic E-state index is 0.284. The van der Waals surface area contributed by atoms with Crippen LogP contribution in [-0.4, -0.2) is 36.6 Å². The Morgan fingerprint density at radius 1 is 1.07 bits per heavy atom. The number of fused-ring (bicyclic) bond motifs is 1. The molecule has 0 aliphatic carbocycles. The number of para-hydroxylation sites is 1. The maximum absolute atomic E-state index is 12.7. The zero-order chi connectivity index (χ0) is 19.5. The van der Waals surface area contributed by atoms with Crippen LogP contribution in [0.5, 0.6) is 11.5 Å². The van der Waals surface area contributed by atoms with Gasteiger partial charge in [0.25, 0.3) is 5.91 Å². The van der Waals surface area contributed by atoms with Crippen LogP contribution in [0.2, 0.25) is 0 Å². The molecule has 3 aromatic rings. The predicted molar refractivity (Wildman–Crippen MR) is 107 cm³/mol. The Hall–Kier alpha value is -3.61. The summed E-state index contributed by atoms with van der Waals surface area (Å²) in [6.45, 7) is 0.823. The van der Waals surface area contributed by atoms with Crippen LogP contribution in [0.4, 0.5) is 17.2 Å². The Kier molecular flexibility index (Phi) is 4.80. The summed E-state index contributed by atoms with van der Waals surface area (Å²) in [7, 11) is 3.12. The lowest BCUT2D eigenvalue weighted by molar-refractivity contribution is 0.102. The second-order valence-corrected chi connectivity index (χ2v) is 6.31. The molecule has 7 nitrogen and oxygen atoms in total. The molecule has 0 spiro atoms. The normalized spacial score (nSPS) is 12.4. The lowest BCUT2D eigenvalue weighted by atomic mass is 10.2. The summed E-state index contributed by atoms with van der Waals surface area (Å²) in [4.78, 5) is 23.3. The number of hydrogen-bond acceptors (Lipinski definition) is 6. The van der Waals surface area contributed by atoms with Gasteiger partial charge in [-0.2, -0.15) is 0 Å². The van der Waals surface area contributed by atoms with Gasteiger partial charge in [0.05, 0.1) is 19.9 Å². The van der Waals surface area contributed by atoms with Gasteiger partial charge in [0, 0.05) is 24.4 Å². The number of hydrogen-bond donors (Lipinski definition) is 1. The summed E-state index contributed by atoms with van der Waals surface area (Å²) in [5, 5.41) is 2.84. The molecule has 0 radical (unpaired) electrons. The number of carbonyl (C=O) groups is 1. The van der Waals surface area contributed by atoms with Crippen LogP contribution in [0, 0.1) is 0 Å². The molecule has 4 rings (SSSR count). The van der Waals surface area contributed by atoms with Gasteiger partial charge in [0.1, 0.15) is 29.3 Å². The maximum atomic E-state index is 12.7. The van der Waals surface area contributed by atoms with Crippen LogP contribution in [0.25, 0.3) is 0 Å². The van der Waals surface area contributed by atoms with E-state index in [1.807, 2.05) is 12.1 Å². The van der Waals surface area contributed by atoms with Crippen molar-refractivity contribution in [3.05, 3.63) is 66.1 Å². The first kappa shape index (κ1) is 17.8. The molecule has 0 bridgehead atoms. The van der Waals surface area contributed by atoms with Crippen molar-refractivity contribution in [1.82, 2.24) is 9.97 Å². The van der Waals surface area contributed by atoms with E-state index in [4.69, 9.17) is 9.47 Å². The van der Waals surface area contributed by atoms with Gasteiger partial charge in [-0.05, 0) is 30.2 Å². The fourth-order valence-electron chi connectivity index (χ4n) is 3.28. The lowest BCUT2D eigenvalue weighted by Crippen LogP contribution is -2.18. The van der Waals surface area contributed by atoms with E-state index in [0.29, 0.717) is 23.0 Å². The highest BCUT2D eigenvalue weighted by Crippen LogP contribution is 2.33.